The quantitative estimate of drug-likeness (QED) is 0.672. The van der Waals surface area contributed by atoms with Crippen LogP contribution in [0.3, 0.4) is 0 Å². The van der Waals surface area contributed by atoms with Crippen molar-refractivity contribution in [2.45, 2.75) is 6.92 Å². The Balaban J connectivity index is 1.66. The fourth-order valence-corrected chi connectivity index (χ4v) is 2.37. The van der Waals surface area contributed by atoms with E-state index in [1.807, 2.05) is 19.1 Å². The maximum Gasteiger partial charge on any atom is 0.251 e. The zero-order valence-corrected chi connectivity index (χ0v) is 13.6. The van der Waals surface area contributed by atoms with Gasteiger partial charge in [-0.1, -0.05) is 22.9 Å². The van der Waals surface area contributed by atoms with Crippen LogP contribution in [0, 0.1) is 11.8 Å². The zero-order valence-electron chi connectivity index (χ0n) is 12.0. The van der Waals surface area contributed by atoms with Crippen LogP contribution in [0.5, 0.6) is 0 Å². The Bertz CT molecular complexity index is 500. The summed E-state index contributed by atoms with van der Waals surface area (Å²) in [5, 5.41) is 8.81. The van der Waals surface area contributed by atoms with E-state index in [2.05, 4.69) is 31.9 Å². The van der Waals surface area contributed by atoms with Crippen molar-refractivity contribution in [2.24, 2.45) is 11.8 Å². The number of amides is 2. The Labute approximate surface area is 133 Å². The Morgan fingerprint density at radius 3 is 2.43 bits per heavy atom. The van der Waals surface area contributed by atoms with Crippen molar-refractivity contribution < 1.29 is 9.59 Å². The Hall–Kier alpha value is -1.40. The van der Waals surface area contributed by atoms with Gasteiger partial charge in [0.05, 0.1) is 0 Å². The first-order chi connectivity index (χ1) is 10.1. The van der Waals surface area contributed by atoms with Crippen LogP contribution < -0.4 is 16.0 Å². The molecule has 114 valence electrons. The van der Waals surface area contributed by atoms with Crippen molar-refractivity contribution in [3.8, 4) is 0 Å². The summed E-state index contributed by atoms with van der Waals surface area (Å²) in [6.07, 6.45) is 0. The van der Waals surface area contributed by atoms with Gasteiger partial charge in [0.15, 0.2) is 0 Å². The third-order valence-corrected chi connectivity index (χ3v) is 4.28. The molecule has 21 heavy (non-hydrogen) atoms. The van der Waals surface area contributed by atoms with Crippen LogP contribution in [-0.4, -0.2) is 38.0 Å². The minimum Gasteiger partial charge on any atom is -0.354 e. The van der Waals surface area contributed by atoms with E-state index >= 15 is 0 Å². The van der Waals surface area contributed by atoms with Crippen molar-refractivity contribution in [3.05, 3.63) is 34.3 Å². The fourth-order valence-electron chi connectivity index (χ4n) is 2.10. The van der Waals surface area contributed by atoms with Crippen molar-refractivity contribution >= 4 is 27.7 Å². The third kappa shape index (κ3) is 4.54. The van der Waals surface area contributed by atoms with E-state index in [0.29, 0.717) is 24.6 Å². The normalized spacial score (nSPS) is 15.9. The maximum absolute atomic E-state index is 11.9. The topological polar surface area (TPSA) is 70.2 Å². The average Bonchev–Trinajstić information content (AvgIpc) is 2.42. The SMILES string of the molecule is CC(C(=O)NCCNC(=O)c1ccc(Br)cc1)C1CNC1. The number of nitrogens with one attached hydrogen (secondary N) is 3. The van der Waals surface area contributed by atoms with Crippen LogP contribution in [0.15, 0.2) is 28.7 Å². The molecule has 6 heteroatoms. The lowest BCUT2D eigenvalue weighted by molar-refractivity contribution is -0.126. The smallest absolute Gasteiger partial charge is 0.251 e. The first-order valence-electron chi connectivity index (χ1n) is 7.10. The molecule has 1 aromatic carbocycles. The molecule has 1 aliphatic heterocycles. The van der Waals surface area contributed by atoms with E-state index < -0.39 is 0 Å². The summed E-state index contributed by atoms with van der Waals surface area (Å²) in [6.45, 7) is 4.65. The molecule has 1 aromatic rings. The highest BCUT2D eigenvalue weighted by molar-refractivity contribution is 9.10. The summed E-state index contributed by atoms with van der Waals surface area (Å²) < 4.78 is 0.936. The molecule has 1 fully saturated rings. The lowest BCUT2D eigenvalue weighted by atomic mass is 9.88. The standard InChI is InChI=1S/C15H20BrN3O2/c1-10(12-8-17-9-12)14(20)18-6-7-19-15(21)11-2-4-13(16)5-3-11/h2-5,10,12,17H,6-9H2,1H3,(H,18,20)(H,19,21). The average molecular weight is 354 g/mol. The fraction of sp³-hybridized carbons (Fsp3) is 0.467. The van der Waals surface area contributed by atoms with E-state index in [1.165, 1.54) is 0 Å². The summed E-state index contributed by atoms with van der Waals surface area (Å²) in [7, 11) is 0. The second-order valence-corrected chi connectivity index (χ2v) is 6.18. The summed E-state index contributed by atoms with van der Waals surface area (Å²) >= 11 is 3.33. The van der Waals surface area contributed by atoms with Gasteiger partial charge in [-0.15, -0.1) is 0 Å². The van der Waals surface area contributed by atoms with Gasteiger partial charge in [-0.2, -0.15) is 0 Å². The minimum absolute atomic E-state index is 0.0217. The van der Waals surface area contributed by atoms with Gasteiger partial charge in [0, 0.05) is 29.0 Å². The van der Waals surface area contributed by atoms with Gasteiger partial charge in [-0.05, 0) is 43.3 Å². The molecule has 1 unspecified atom stereocenters. The van der Waals surface area contributed by atoms with Gasteiger partial charge >= 0.3 is 0 Å². The molecule has 0 radical (unpaired) electrons. The number of carbonyl (C=O) groups excluding carboxylic acids is 2. The lowest BCUT2D eigenvalue weighted by Gasteiger charge is -2.31. The predicted octanol–water partition coefficient (Wildman–Crippen LogP) is 1.15. The molecule has 1 atom stereocenters. The molecule has 0 saturated carbocycles. The van der Waals surface area contributed by atoms with E-state index in [1.54, 1.807) is 12.1 Å². The monoisotopic (exact) mass is 353 g/mol. The van der Waals surface area contributed by atoms with Gasteiger partial charge < -0.3 is 16.0 Å². The summed E-state index contributed by atoms with van der Waals surface area (Å²) in [5.74, 6) is 0.378. The highest BCUT2D eigenvalue weighted by Gasteiger charge is 2.28. The van der Waals surface area contributed by atoms with Crippen LogP contribution in [0.4, 0.5) is 0 Å². The number of hydrogen-bond donors (Lipinski definition) is 3. The van der Waals surface area contributed by atoms with Crippen molar-refractivity contribution in [1.29, 1.82) is 0 Å². The molecule has 0 bridgehead atoms. The van der Waals surface area contributed by atoms with Gasteiger partial charge in [0.1, 0.15) is 0 Å². The number of benzene rings is 1. The zero-order chi connectivity index (χ0) is 15.2. The molecule has 1 heterocycles. The van der Waals surface area contributed by atoms with Crippen LogP contribution in [0.1, 0.15) is 17.3 Å². The molecule has 0 aromatic heterocycles. The number of carbonyl (C=O) groups is 2. The molecule has 0 aliphatic carbocycles. The molecule has 5 nitrogen and oxygen atoms in total. The molecule has 1 saturated heterocycles. The van der Waals surface area contributed by atoms with Gasteiger partial charge in [-0.25, -0.2) is 0 Å². The Morgan fingerprint density at radius 1 is 1.24 bits per heavy atom. The molecular formula is C15H20BrN3O2. The highest BCUT2D eigenvalue weighted by atomic mass is 79.9. The number of hydrogen-bond acceptors (Lipinski definition) is 3. The largest absolute Gasteiger partial charge is 0.354 e. The van der Waals surface area contributed by atoms with Crippen molar-refractivity contribution in [1.82, 2.24) is 16.0 Å². The molecule has 2 rings (SSSR count). The second-order valence-electron chi connectivity index (χ2n) is 5.26. The van der Waals surface area contributed by atoms with Gasteiger partial charge in [-0.3, -0.25) is 9.59 Å². The predicted molar refractivity (Wildman–Crippen MR) is 85.0 cm³/mol. The summed E-state index contributed by atoms with van der Waals surface area (Å²) in [5.41, 5.74) is 0.610. The molecular weight excluding hydrogens is 334 g/mol. The van der Waals surface area contributed by atoms with Crippen LogP contribution in [0.2, 0.25) is 0 Å². The minimum atomic E-state index is -0.131. The van der Waals surface area contributed by atoms with Crippen molar-refractivity contribution in [3.63, 3.8) is 0 Å². The van der Waals surface area contributed by atoms with E-state index in [9.17, 15) is 9.59 Å². The molecule has 2 amide bonds. The third-order valence-electron chi connectivity index (χ3n) is 3.75. The lowest BCUT2D eigenvalue weighted by Crippen LogP contribution is -2.50. The first kappa shape index (κ1) is 16.0. The molecule has 3 N–H and O–H groups in total. The van der Waals surface area contributed by atoms with E-state index in [4.69, 9.17) is 0 Å². The summed E-state index contributed by atoms with van der Waals surface area (Å²) in [6, 6.07) is 7.16. The number of halogens is 1. The van der Waals surface area contributed by atoms with Crippen molar-refractivity contribution in [2.75, 3.05) is 26.2 Å². The van der Waals surface area contributed by atoms with E-state index in [0.717, 1.165) is 17.6 Å². The van der Waals surface area contributed by atoms with E-state index in [-0.39, 0.29) is 17.7 Å². The second kappa shape index (κ2) is 7.56. The Kier molecular flexibility index (Phi) is 5.76. The molecule has 1 aliphatic rings. The van der Waals surface area contributed by atoms with Crippen LogP contribution in [-0.2, 0) is 4.79 Å². The van der Waals surface area contributed by atoms with Gasteiger partial charge in [0.25, 0.3) is 5.91 Å². The van der Waals surface area contributed by atoms with Crippen LogP contribution in [0.25, 0.3) is 0 Å². The summed E-state index contributed by atoms with van der Waals surface area (Å²) in [4.78, 5) is 23.7. The Morgan fingerprint density at radius 2 is 1.86 bits per heavy atom. The molecule has 0 spiro atoms. The first-order valence-corrected chi connectivity index (χ1v) is 7.89. The van der Waals surface area contributed by atoms with Gasteiger partial charge in [0.2, 0.25) is 5.91 Å². The maximum atomic E-state index is 11.9. The van der Waals surface area contributed by atoms with Crippen LogP contribution >= 0.6 is 15.9 Å². The highest BCUT2D eigenvalue weighted by Crippen LogP contribution is 2.15. The number of rotatable bonds is 6.